The molecule has 0 aliphatic carbocycles. The third-order valence-corrected chi connectivity index (χ3v) is 1.63. The van der Waals surface area contributed by atoms with Gasteiger partial charge in [0.05, 0.1) is 0 Å². The Balaban J connectivity index is 2.91. The summed E-state index contributed by atoms with van der Waals surface area (Å²) in [6, 6.07) is 6.70. The first kappa shape index (κ1) is 9.80. The van der Waals surface area contributed by atoms with Crippen LogP contribution in [0.5, 0.6) is 0 Å². The van der Waals surface area contributed by atoms with Gasteiger partial charge in [0.15, 0.2) is 5.78 Å². The van der Waals surface area contributed by atoms with E-state index >= 15 is 0 Å². The summed E-state index contributed by atoms with van der Waals surface area (Å²) in [6.45, 7) is 1.47. The van der Waals surface area contributed by atoms with Crippen molar-refractivity contribution in [3.8, 4) is 0 Å². The molecule has 0 aliphatic heterocycles. The lowest BCUT2D eigenvalue weighted by Crippen LogP contribution is -2.02. The number of rotatable bonds is 2. The number of Topliss-reactive ketones (excluding diaryl/α,β-unsaturated/α-hetero) is 1. The molecule has 0 saturated heterocycles. The van der Waals surface area contributed by atoms with Gasteiger partial charge in [-0.05, 0) is 19.1 Å². The van der Waals surface area contributed by atoms with Gasteiger partial charge in [0.25, 0.3) is 5.24 Å². The number of ketones is 1. The van der Waals surface area contributed by atoms with Crippen LogP contribution in [-0.2, 0) is 0 Å². The van der Waals surface area contributed by atoms with Crippen molar-refractivity contribution in [2.45, 2.75) is 6.92 Å². The van der Waals surface area contributed by atoms with Gasteiger partial charge in [-0.3, -0.25) is 9.59 Å². The molecule has 0 atom stereocenters. The Morgan fingerprint density at radius 3 is 2.62 bits per heavy atom. The van der Waals surface area contributed by atoms with Crippen molar-refractivity contribution < 1.29 is 9.59 Å². The number of anilines is 1. The molecule has 0 heterocycles. The van der Waals surface area contributed by atoms with E-state index in [0.717, 1.165) is 0 Å². The molecular formula is C9H9NO2S. The zero-order chi connectivity index (χ0) is 9.84. The van der Waals surface area contributed by atoms with Gasteiger partial charge in [-0.15, -0.1) is 0 Å². The molecular weight excluding hydrogens is 186 g/mol. The molecule has 1 aromatic rings. The van der Waals surface area contributed by atoms with Gasteiger partial charge in [-0.1, -0.05) is 24.8 Å². The van der Waals surface area contributed by atoms with Gasteiger partial charge in [0, 0.05) is 11.3 Å². The van der Waals surface area contributed by atoms with Gasteiger partial charge >= 0.3 is 0 Å². The zero-order valence-electron chi connectivity index (χ0n) is 7.07. The van der Waals surface area contributed by atoms with Gasteiger partial charge in [-0.2, -0.15) is 0 Å². The number of hydrogen-bond donors (Lipinski definition) is 2. The first-order chi connectivity index (χ1) is 6.09. The Kier molecular flexibility index (Phi) is 3.08. The summed E-state index contributed by atoms with van der Waals surface area (Å²) < 4.78 is 0. The summed E-state index contributed by atoms with van der Waals surface area (Å²) in [5.41, 5.74) is 1.15. The molecule has 1 aromatic carbocycles. The fourth-order valence-corrected chi connectivity index (χ4v) is 1.07. The first-order valence-corrected chi connectivity index (χ1v) is 4.15. The highest BCUT2D eigenvalue weighted by molar-refractivity contribution is 7.96. The monoisotopic (exact) mass is 195 g/mol. The van der Waals surface area contributed by atoms with Crippen LogP contribution in [0, 0.1) is 0 Å². The van der Waals surface area contributed by atoms with E-state index < -0.39 is 5.24 Å². The predicted molar refractivity (Wildman–Crippen MR) is 54.5 cm³/mol. The van der Waals surface area contributed by atoms with Crippen molar-refractivity contribution in [2.24, 2.45) is 0 Å². The van der Waals surface area contributed by atoms with Crippen LogP contribution in [0.3, 0.4) is 0 Å². The van der Waals surface area contributed by atoms with E-state index in [9.17, 15) is 9.59 Å². The highest BCUT2D eigenvalue weighted by atomic mass is 32.1. The minimum Gasteiger partial charge on any atom is -0.317 e. The standard InChI is InChI=1S/C9H9NO2S/c1-6(11)7-3-2-4-8(5-7)10-9(12)13/h2-5H,1H3,(H2,10,12,13). The number of nitrogens with one attached hydrogen (secondary N) is 1. The number of amides is 1. The van der Waals surface area contributed by atoms with Crippen molar-refractivity contribution in [3.05, 3.63) is 29.8 Å². The fraction of sp³-hybridized carbons (Fsp3) is 0.111. The highest BCUT2D eigenvalue weighted by Gasteiger charge is 2.00. The first-order valence-electron chi connectivity index (χ1n) is 3.70. The topological polar surface area (TPSA) is 46.2 Å². The Bertz CT molecular complexity index is 349. The van der Waals surface area contributed by atoms with E-state index in [4.69, 9.17) is 0 Å². The van der Waals surface area contributed by atoms with E-state index in [1.165, 1.54) is 6.92 Å². The lowest BCUT2D eigenvalue weighted by atomic mass is 10.1. The fourth-order valence-electron chi connectivity index (χ4n) is 0.939. The number of benzene rings is 1. The van der Waals surface area contributed by atoms with Gasteiger partial charge < -0.3 is 5.32 Å². The van der Waals surface area contributed by atoms with Crippen LogP contribution in [0.15, 0.2) is 24.3 Å². The van der Waals surface area contributed by atoms with Crippen molar-refractivity contribution in [1.29, 1.82) is 0 Å². The summed E-state index contributed by atoms with van der Waals surface area (Å²) >= 11 is 3.56. The molecule has 13 heavy (non-hydrogen) atoms. The molecule has 0 spiro atoms. The lowest BCUT2D eigenvalue weighted by Gasteiger charge is -2.02. The second-order valence-corrected chi connectivity index (χ2v) is 2.97. The maximum absolute atomic E-state index is 11.0. The second kappa shape index (κ2) is 4.09. The quantitative estimate of drug-likeness (QED) is 0.562. The summed E-state index contributed by atoms with van der Waals surface area (Å²) in [5.74, 6) is -0.0322. The molecule has 1 amide bonds. The molecule has 1 rings (SSSR count). The smallest absolute Gasteiger partial charge is 0.280 e. The Morgan fingerprint density at radius 2 is 2.08 bits per heavy atom. The van der Waals surface area contributed by atoms with Crippen LogP contribution in [0.25, 0.3) is 0 Å². The molecule has 0 unspecified atom stereocenters. The Labute approximate surface area is 81.6 Å². The number of hydrogen-bond acceptors (Lipinski definition) is 2. The van der Waals surface area contributed by atoms with Gasteiger partial charge in [0.2, 0.25) is 0 Å². The highest BCUT2D eigenvalue weighted by Crippen LogP contribution is 2.11. The van der Waals surface area contributed by atoms with Crippen LogP contribution in [0.1, 0.15) is 17.3 Å². The van der Waals surface area contributed by atoms with E-state index in [-0.39, 0.29) is 5.78 Å². The van der Waals surface area contributed by atoms with Gasteiger partial charge in [-0.25, -0.2) is 0 Å². The maximum atomic E-state index is 11.0. The molecule has 4 heteroatoms. The van der Waals surface area contributed by atoms with E-state index in [2.05, 4.69) is 17.9 Å². The Hall–Kier alpha value is -1.29. The van der Waals surface area contributed by atoms with Gasteiger partial charge in [0.1, 0.15) is 0 Å². The van der Waals surface area contributed by atoms with Crippen LogP contribution in [-0.4, -0.2) is 11.0 Å². The van der Waals surface area contributed by atoms with Crippen LogP contribution < -0.4 is 5.32 Å². The largest absolute Gasteiger partial charge is 0.317 e. The summed E-state index contributed by atoms with van der Waals surface area (Å²) in [4.78, 5) is 21.5. The van der Waals surface area contributed by atoms with E-state index in [0.29, 0.717) is 11.3 Å². The predicted octanol–water partition coefficient (Wildman–Crippen LogP) is 2.35. The minimum atomic E-state index is -0.444. The zero-order valence-corrected chi connectivity index (χ0v) is 7.97. The number of thiol groups is 1. The maximum Gasteiger partial charge on any atom is 0.280 e. The van der Waals surface area contributed by atoms with E-state index in [1.54, 1.807) is 24.3 Å². The Morgan fingerprint density at radius 1 is 1.38 bits per heavy atom. The molecule has 1 N–H and O–H groups in total. The van der Waals surface area contributed by atoms with Crippen LogP contribution in [0.2, 0.25) is 0 Å². The molecule has 68 valence electrons. The van der Waals surface area contributed by atoms with Crippen molar-refractivity contribution in [1.82, 2.24) is 0 Å². The summed E-state index contributed by atoms with van der Waals surface area (Å²) in [7, 11) is 0. The summed E-state index contributed by atoms with van der Waals surface area (Å²) in [6.07, 6.45) is 0. The third kappa shape index (κ3) is 2.91. The average Bonchev–Trinajstić information content (AvgIpc) is 2.03. The molecule has 0 bridgehead atoms. The van der Waals surface area contributed by atoms with Crippen LogP contribution >= 0.6 is 12.6 Å². The van der Waals surface area contributed by atoms with Crippen LogP contribution in [0.4, 0.5) is 10.5 Å². The second-order valence-electron chi connectivity index (χ2n) is 2.57. The number of carbonyl (C=O) groups is 2. The molecule has 3 nitrogen and oxygen atoms in total. The molecule has 0 aliphatic rings. The van der Waals surface area contributed by atoms with Crippen molar-refractivity contribution >= 4 is 29.3 Å². The lowest BCUT2D eigenvalue weighted by molar-refractivity contribution is 0.101. The normalized spacial score (nSPS) is 9.38. The third-order valence-electron chi connectivity index (χ3n) is 1.52. The SMILES string of the molecule is CC(=O)c1cccc(NC(=O)S)c1. The van der Waals surface area contributed by atoms with E-state index in [1.807, 2.05) is 0 Å². The average molecular weight is 195 g/mol. The minimum absolute atomic E-state index is 0.0322. The molecule has 0 aromatic heterocycles. The number of carbonyl (C=O) groups excluding carboxylic acids is 2. The van der Waals surface area contributed by atoms with Crippen molar-refractivity contribution in [3.63, 3.8) is 0 Å². The summed E-state index contributed by atoms with van der Waals surface area (Å²) in [5, 5.41) is 2.03. The molecule has 0 radical (unpaired) electrons. The molecule has 0 saturated carbocycles. The van der Waals surface area contributed by atoms with Crippen molar-refractivity contribution in [2.75, 3.05) is 5.32 Å². The molecule has 0 fully saturated rings.